The summed E-state index contributed by atoms with van der Waals surface area (Å²) in [6, 6.07) is 8.38. The lowest BCUT2D eigenvalue weighted by atomic mass is 9.95. The van der Waals surface area contributed by atoms with E-state index in [9.17, 15) is 32.7 Å². The molecule has 2 N–H and O–H groups in total. The zero-order valence-corrected chi connectivity index (χ0v) is 26.3. The Kier molecular flexibility index (Phi) is 9.83. The Morgan fingerprint density at radius 2 is 1.73 bits per heavy atom. The van der Waals surface area contributed by atoms with Crippen molar-refractivity contribution >= 4 is 56.9 Å². The van der Waals surface area contributed by atoms with Crippen molar-refractivity contribution in [3.63, 3.8) is 0 Å². The Hall–Kier alpha value is -3.19. The Bertz CT molecular complexity index is 1540. The van der Waals surface area contributed by atoms with Crippen LogP contribution in [0.1, 0.15) is 54.4 Å². The van der Waals surface area contributed by atoms with Gasteiger partial charge >= 0.3 is 5.97 Å². The van der Waals surface area contributed by atoms with Crippen molar-refractivity contribution in [2.75, 3.05) is 26.2 Å². The predicted octanol–water partition coefficient (Wildman–Crippen LogP) is 3.39. The number of amides is 3. The van der Waals surface area contributed by atoms with Crippen LogP contribution in [0.4, 0.5) is 0 Å². The number of nitrogens with one attached hydrogen (secondary N) is 1. The summed E-state index contributed by atoms with van der Waals surface area (Å²) in [5.74, 6) is -2.55. The molecule has 14 heteroatoms. The highest BCUT2D eigenvalue weighted by molar-refractivity contribution is 7.89. The fraction of sp³-hybridized carbons (Fsp3) is 0.467. The molecule has 3 aliphatic heterocycles. The number of nitrogens with zero attached hydrogens (tertiary/aromatic N) is 3. The van der Waals surface area contributed by atoms with Crippen molar-refractivity contribution < 1.29 is 32.7 Å². The lowest BCUT2D eigenvalue weighted by molar-refractivity contribution is -0.147. The molecule has 2 fully saturated rings. The summed E-state index contributed by atoms with van der Waals surface area (Å²) in [5.41, 5.74) is 1.74. The molecule has 11 nitrogen and oxygen atoms in total. The summed E-state index contributed by atoms with van der Waals surface area (Å²) < 4.78 is 27.9. The normalized spacial score (nSPS) is 19.6. The maximum absolute atomic E-state index is 13.8. The number of sulfonamides is 1. The lowest BCUT2D eigenvalue weighted by Crippen LogP contribution is -2.54. The van der Waals surface area contributed by atoms with Gasteiger partial charge in [-0.1, -0.05) is 41.4 Å². The zero-order valence-electron chi connectivity index (χ0n) is 24.0. The van der Waals surface area contributed by atoms with E-state index in [0.29, 0.717) is 62.7 Å². The molecule has 2 aromatic carbocycles. The second-order valence-electron chi connectivity index (χ2n) is 11.5. The van der Waals surface area contributed by atoms with Crippen LogP contribution in [0.2, 0.25) is 10.0 Å². The molecular formula is C30H34Cl2N4O7S. The smallest absolute Gasteiger partial charge is 0.327 e. The van der Waals surface area contributed by atoms with E-state index >= 15 is 0 Å². The van der Waals surface area contributed by atoms with E-state index in [1.807, 2.05) is 29.2 Å². The summed E-state index contributed by atoms with van der Waals surface area (Å²) in [6.07, 6.45) is 1.65. The summed E-state index contributed by atoms with van der Waals surface area (Å²) >= 11 is 12.1. The van der Waals surface area contributed by atoms with E-state index in [4.69, 9.17) is 23.2 Å². The quantitative estimate of drug-likeness (QED) is 0.393. The van der Waals surface area contributed by atoms with Gasteiger partial charge in [0.15, 0.2) is 0 Å². The largest absolute Gasteiger partial charge is 0.480 e. The number of fused-ring (bicyclic) bond motifs is 1. The van der Waals surface area contributed by atoms with E-state index in [0.717, 1.165) is 23.3 Å². The summed E-state index contributed by atoms with van der Waals surface area (Å²) in [5, 5.41) is 13.1. The minimum Gasteiger partial charge on any atom is -0.480 e. The van der Waals surface area contributed by atoms with E-state index in [2.05, 4.69) is 5.32 Å². The standard InChI is InChI=1S/C30H34Cl2N4O7S/c31-21-14-22(32)16-23(15-21)44(42,43)36(29(39)25-6-3-11-33-25)26(30(40)41)7-8-27(37)34-12-9-19(10-13-34)17-35-18-20-4-1-2-5-24(20)28(35)38/h1-2,4-5,14-16,19,25-26,33H,3,6-13,17-18H2,(H,40,41)/t25-,26-/m0/s1. The molecule has 0 unspecified atom stereocenters. The monoisotopic (exact) mass is 664 g/mol. The number of carboxylic acid groups (broad SMARTS) is 1. The fourth-order valence-electron chi connectivity index (χ4n) is 6.18. The van der Waals surface area contributed by atoms with Crippen LogP contribution in [0, 0.1) is 5.92 Å². The van der Waals surface area contributed by atoms with Gasteiger partial charge in [0.05, 0.1) is 10.9 Å². The van der Waals surface area contributed by atoms with Crippen LogP contribution < -0.4 is 5.32 Å². The summed E-state index contributed by atoms with van der Waals surface area (Å²) in [7, 11) is -4.71. The Balaban J connectivity index is 1.24. The first kappa shape index (κ1) is 32.2. The van der Waals surface area contributed by atoms with E-state index in [-0.39, 0.29) is 34.2 Å². The molecule has 2 atom stereocenters. The number of aliphatic carboxylic acids is 1. The topological polar surface area (TPSA) is 144 Å². The van der Waals surface area contributed by atoms with Crippen LogP contribution >= 0.6 is 23.2 Å². The van der Waals surface area contributed by atoms with Crippen molar-refractivity contribution in [2.24, 2.45) is 5.92 Å². The van der Waals surface area contributed by atoms with Crippen molar-refractivity contribution in [1.82, 2.24) is 19.4 Å². The van der Waals surface area contributed by atoms with Gasteiger partial charge in [-0.2, -0.15) is 0 Å². The highest BCUT2D eigenvalue weighted by Gasteiger charge is 2.43. The molecule has 0 aliphatic carbocycles. The molecule has 0 bridgehead atoms. The first-order valence-electron chi connectivity index (χ1n) is 14.6. The Morgan fingerprint density at radius 3 is 2.34 bits per heavy atom. The van der Waals surface area contributed by atoms with E-state index < -0.39 is 45.3 Å². The zero-order chi connectivity index (χ0) is 31.6. The number of carbonyl (C=O) groups is 4. The second-order valence-corrected chi connectivity index (χ2v) is 14.1. The molecule has 3 aliphatic rings. The van der Waals surface area contributed by atoms with Crippen LogP contribution in [-0.2, 0) is 31.0 Å². The average molecular weight is 666 g/mol. The van der Waals surface area contributed by atoms with Crippen molar-refractivity contribution in [3.8, 4) is 0 Å². The first-order chi connectivity index (χ1) is 21.0. The van der Waals surface area contributed by atoms with Gasteiger partial charge in [-0.15, -0.1) is 0 Å². The molecule has 3 heterocycles. The van der Waals surface area contributed by atoms with E-state index in [1.165, 1.54) is 6.07 Å². The molecule has 0 saturated carbocycles. The second kappa shape index (κ2) is 13.4. The molecule has 2 aromatic rings. The van der Waals surface area contributed by atoms with Crippen molar-refractivity contribution in [1.29, 1.82) is 0 Å². The van der Waals surface area contributed by atoms with Gasteiger partial charge in [0.25, 0.3) is 21.8 Å². The highest BCUT2D eigenvalue weighted by atomic mass is 35.5. The highest BCUT2D eigenvalue weighted by Crippen LogP contribution is 2.30. The minimum atomic E-state index is -4.71. The third-order valence-electron chi connectivity index (χ3n) is 8.51. The first-order valence-corrected chi connectivity index (χ1v) is 16.8. The Morgan fingerprint density at radius 1 is 1.05 bits per heavy atom. The number of piperidine rings is 1. The van der Waals surface area contributed by atoms with Crippen LogP contribution in [0.15, 0.2) is 47.4 Å². The van der Waals surface area contributed by atoms with Crippen LogP contribution in [0.25, 0.3) is 0 Å². The van der Waals surface area contributed by atoms with Crippen LogP contribution in [0.3, 0.4) is 0 Å². The van der Waals surface area contributed by atoms with Gasteiger partial charge in [-0.05, 0) is 74.4 Å². The summed E-state index contributed by atoms with van der Waals surface area (Å²) in [4.78, 5) is 55.0. The SMILES string of the molecule is O=C(O)[C@H](CCC(=O)N1CCC(CN2Cc3ccccc3C2=O)CC1)N(C(=O)[C@@H]1CCCN1)S(=O)(=O)c1cc(Cl)cc(Cl)c1. The molecule has 0 aromatic heterocycles. The number of hydrogen-bond acceptors (Lipinski definition) is 7. The summed E-state index contributed by atoms with van der Waals surface area (Å²) in [6.45, 7) is 2.52. The third kappa shape index (κ3) is 6.88. The van der Waals surface area contributed by atoms with Gasteiger partial charge in [0.1, 0.15) is 6.04 Å². The lowest BCUT2D eigenvalue weighted by Gasteiger charge is -2.34. The third-order valence-corrected chi connectivity index (χ3v) is 10.7. The molecule has 5 rings (SSSR count). The number of carbonyl (C=O) groups excluding carboxylic acids is 3. The minimum absolute atomic E-state index is 0.00607. The average Bonchev–Trinajstić information content (AvgIpc) is 3.63. The maximum Gasteiger partial charge on any atom is 0.327 e. The van der Waals surface area contributed by atoms with E-state index in [1.54, 1.807) is 4.90 Å². The molecule has 0 radical (unpaired) electrons. The number of halogens is 2. The van der Waals surface area contributed by atoms with Gasteiger partial charge < -0.3 is 20.2 Å². The number of benzene rings is 2. The number of likely N-dealkylation sites (tertiary alicyclic amines) is 1. The molecule has 2 saturated heterocycles. The van der Waals surface area contributed by atoms with Gasteiger partial charge in [-0.25, -0.2) is 17.5 Å². The van der Waals surface area contributed by atoms with Crippen molar-refractivity contribution in [3.05, 3.63) is 63.6 Å². The number of carboxylic acids is 1. The maximum atomic E-state index is 13.8. The predicted molar refractivity (Wildman–Crippen MR) is 163 cm³/mol. The molecular weight excluding hydrogens is 631 g/mol. The molecule has 44 heavy (non-hydrogen) atoms. The fourth-order valence-corrected chi connectivity index (χ4v) is 8.51. The number of hydrogen-bond donors (Lipinski definition) is 2. The Labute approximate surface area is 266 Å². The van der Waals surface area contributed by atoms with Gasteiger partial charge in [0, 0.05) is 48.2 Å². The molecule has 3 amide bonds. The van der Waals surface area contributed by atoms with Crippen LogP contribution in [0.5, 0.6) is 0 Å². The van der Waals surface area contributed by atoms with Crippen molar-refractivity contribution in [2.45, 2.75) is 62.0 Å². The van der Waals surface area contributed by atoms with Crippen LogP contribution in [-0.4, -0.2) is 89.6 Å². The van der Waals surface area contributed by atoms with Gasteiger partial charge in [0.2, 0.25) is 5.91 Å². The molecule has 0 spiro atoms. The molecule has 236 valence electrons. The number of rotatable bonds is 10. The van der Waals surface area contributed by atoms with Gasteiger partial charge in [-0.3, -0.25) is 14.4 Å².